The molecule has 0 fully saturated rings. The number of anilines is 2. The molecule has 1 aliphatic heterocycles. The Labute approximate surface area is 186 Å². The highest BCUT2D eigenvalue weighted by Gasteiger charge is 2.34. The Bertz CT molecular complexity index is 1170. The van der Waals surface area contributed by atoms with Gasteiger partial charge in [0.2, 0.25) is 5.95 Å². The maximum absolute atomic E-state index is 13.5. The van der Waals surface area contributed by atoms with Crippen molar-refractivity contribution in [2.45, 2.75) is 33.2 Å². The molecule has 4 rings (SSSR count). The van der Waals surface area contributed by atoms with E-state index in [1.807, 2.05) is 63.2 Å². The molecular formula is C23H26N6O3. The van der Waals surface area contributed by atoms with Gasteiger partial charge in [-0.2, -0.15) is 4.68 Å². The van der Waals surface area contributed by atoms with Crippen molar-refractivity contribution < 1.29 is 14.3 Å². The van der Waals surface area contributed by atoms with Gasteiger partial charge in [0.15, 0.2) is 11.5 Å². The van der Waals surface area contributed by atoms with E-state index in [2.05, 4.69) is 26.2 Å². The molecule has 1 aliphatic rings. The van der Waals surface area contributed by atoms with E-state index in [4.69, 9.17) is 9.47 Å². The van der Waals surface area contributed by atoms with E-state index in [1.54, 1.807) is 11.8 Å². The summed E-state index contributed by atoms with van der Waals surface area (Å²) in [5.74, 6) is 1.46. The molecule has 9 heteroatoms. The summed E-state index contributed by atoms with van der Waals surface area (Å²) in [6.07, 6.45) is 0.887. The van der Waals surface area contributed by atoms with Crippen LogP contribution in [0, 0.1) is 6.92 Å². The third kappa shape index (κ3) is 4.01. The maximum Gasteiger partial charge on any atom is 0.255 e. The number of aryl methyl sites for hydroxylation is 1. The second-order valence-corrected chi connectivity index (χ2v) is 7.54. The van der Waals surface area contributed by atoms with E-state index in [0.29, 0.717) is 35.3 Å². The van der Waals surface area contributed by atoms with Crippen LogP contribution in [0.25, 0.3) is 0 Å². The largest absolute Gasteiger partial charge is 0.493 e. The Morgan fingerprint density at radius 2 is 2.00 bits per heavy atom. The molecule has 0 aliphatic carbocycles. The summed E-state index contributed by atoms with van der Waals surface area (Å²) in [7, 11) is 1.59. The van der Waals surface area contributed by atoms with Crippen molar-refractivity contribution >= 4 is 17.5 Å². The highest BCUT2D eigenvalue weighted by atomic mass is 16.5. The number of hydrogen-bond acceptors (Lipinski definition) is 7. The molecule has 0 saturated carbocycles. The number of tetrazole rings is 1. The number of fused-ring (bicyclic) bond motifs is 1. The van der Waals surface area contributed by atoms with Crippen molar-refractivity contribution in [2.24, 2.45) is 0 Å². The first-order valence-corrected chi connectivity index (χ1v) is 10.5. The fraction of sp³-hybridized carbons (Fsp3) is 0.304. The van der Waals surface area contributed by atoms with Crippen molar-refractivity contribution in [3.8, 4) is 11.5 Å². The number of nitrogens with zero attached hydrogens (tertiary/aromatic N) is 4. The van der Waals surface area contributed by atoms with Crippen LogP contribution in [0.4, 0.5) is 11.6 Å². The third-order valence-electron chi connectivity index (χ3n) is 5.32. The lowest BCUT2D eigenvalue weighted by molar-refractivity contribution is -0.113. The molecule has 166 valence electrons. The van der Waals surface area contributed by atoms with E-state index >= 15 is 0 Å². The molecule has 3 aromatic rings. The molecule has 0 radical (unpaired) electrons. The molecule has 0 bridgehead atoms. The summed E-state index contributed by atoms with van der Waals surface area (Å²) in [6.45, 7) is 6.42. The molecular weight excluding hydrogens is 408 g/mol. The number of aromatic nitrogens is 4. The minimum Gasteiger partial charge on any atom is -0.493 e. The Hall–Kier alpha value is -3.88. The van der Waals surface area contributed by atoms with Crippen molar-refractivity contribution in [1.82, 2.24) is 20.2 Å². The first kappa shape index (κ1) is 21.4. The number of allylic oxidation sites excluding steroid dienone is 1. The Kier molecular flexibility index (Phi) is 6.07. The van der Waals surface area contributed by atoms with Gasteiger partial charge >= 0.3 is 0 Å². The number of hydrogen-bond donors (Lipinski definition) is 2. The number of nitrogens with one attached hydrogen (secondary N) is 2. The molecule has 0 saturated heterocycles. The number of amides is 1. The van der Waals surface area contributed by atoms with Gasteiger partial charge in [0, 0.05) is 11.4 Å². The fourth-order valence-electron chi connectivity index (χ4n) is 3.70. The minimum atomic E-state index is -0.542. The molecule has 9 nitrogen and oxygen atoms in total. The monoisotopic (exact) mass is 434 g/mol. The number of carbonyl (C=O) groups excluding carboxylic acids is 1. The smallest absolute Gasteiger partial charge is 0.255 e. The van der Waals surface area contributed by atoms with Crippen LogP contribution in [0.5, 0.6) is 11.5 Å². The number of para-hydroxylation sites is 1. The van der Waals surface area contributed by atoms with Gasteiger partial charge in [-0.1, -0.05) is 36.3 Å². The van der Waals surface area contributed by atoms with Crippen LogP contribution in [0.1, 0.15) is 37.4 Å². The molecule has 0 spiro atoms. The number of rotatable bonds is 7. The normalized spacial score (nSPS) is 15.1. The number of methoxy groups -OCH3 is 1. The van der Waals surface area contributed by atoms with Crippen LogP contribution < -0.4 is 20.1 Å². The van der Waals surface area contributed by atoms with E-state index in [-0.39, 0.29) is 5.91 Å². The Morgan fingerprint density at radius 1 is 1.19 bits per heavy atom. The van der Waals surface area contributed by atoms with Crippen molar-refractivity contribution in [1.29, 1.82) is 0 Å². The average Bonchev–Trinajstić information content (AvgIpc) is 3.26. The zero-order chi connectivity index (χ0) is 22.7. The van der Waals surface area contributed by atoms with Crippen LogP contribution in [0.2, 0.25) is 0 Å². The van der Waals surface area contributed by atoms with Crippen molar-refractivity contribution in [3.63, 3.8) is 0 Å². The predicted molar refractivity (Wildman–Crippen MR) is 121 cm³/mol. The highest BCUT2D eigenvalue weighted by molar-refractivity contribution is 6.06. The lowest BCUT2D eigenvalue weighted by atomic mass is 9.94. The molecule has 1 atom stereocenters. The second-order valence-electron chi connectivity index (χ2n) is 7.54. The first-order chi connectivity index (χ1) is 15.5. The molecule has 2 aromatic carbocycles. The molecule has 2 heterocycles. The molecule has 2 N–H and O–H groups in total. The van der Waals surface area contributed by atoms with Gasteiger partial charge in [-0.15, -0.1) is 0 Å². The zero-order valence-corrected chi connectivity index (χ0v) is 18.5. The van der Waals surface area contributed by atoms with Gasteiger partial charge in [-0.05, 0) is 60.0 Å². The van der Waals surface area contributed by atoms with Crippen LogP contribution in [-0.4, -0.2) is 39.8 Å². The number of ether oxygens (including phenoxy) is 2. The summed E-state index contributed by atoms with van der Waals surface area (Å²) in [4.78, 5) is 13.5. The molecule has 32 heavy (non-hydrogen) atoms. The van der Waals surface area contributed by atoms with Crippen molar-refractivity contribution in [3.05, 3.63) is 64.9 Å². The van der Waals surface area contributed by atoms with Gasteiger partial charge < -0.3 is 20.1 Å². The fourth-order valence-corrected chi connectivity index (χ4v) is 3.70. The van der Waals surface area contributed by atoms with Gasteiger partial charge in [-0.25, -0.2) is 0 Å². The molecule has 1 aromatic heterocycles. The first-order valence-electron chi connectivity index (χ1n) is 10.5. The SMILES string of the molecule is CCCOc1ccc(C2C(C(=O)Nc3ccccc3C)=C(C)Nc3nnnn32)cc1OC. The lowest BCUT2D eigenvalue weighted by Crippen LogP contribution is -2.31. The van der Waals surface area contributed by atoms with Crippen LogP contribution >= 0.6 is 0 Å². The third-order valence-corrected chi connectivity index (χ3v) is 5.32. The summed E-state index contributed by atoms with van der Waals surface area (Å²) in [6, 6.07) is 12.7. The van der Waals surface area contributed by atoms with E-state index in [1.165, 1.54) is 0 Å². The van der Waals surface area contributed by atoms with E-state index < -0.39 is 6.04 Å². The standard InChI is InChI=1S/C23H26N6O3/c1-5-12-32-18-11-10-16(13-19(18)31-4)21-20(15(3)24-23-26-27-28-29(21)23)22(30)25-17-9-7-6-8-14(17)2/h6-11,13,21H,5,12H2,1-4H3,(H,25,30)(H,24,26,28). The zero-order valence-electron chi connectivity index (χ0n) is 18.5. The summed E-state index contributed by atoms with van der Waals surface area (Å²) in [5, 5.41) is 18.1. The molecule has 1 unspecified atom stereocenters. The number of benzene rings is 2. The average molecular weight is 435 g/mol. The predicted octanol–water partition coefficient (Wildman–Crippen LogP) is 3.71. The van der Waals surface area contributed by atoms with Gasteiger partial charge in [0.25, 0.3) is 5.91 Å². The summed E-state index contributed by atoms with van der Waals surface area (Å²) in [5.41, 5.74) is 3.71. The maximum atomic E-state index is 13.5. The van der Waals surface area contributed by atoms with Crippen LogP contribution in [0.3, 0.4) is 0 Å². The second kappa shape index (κ2) is 9.09. The Balaban J connectivity index is 1.76. The van der Waals surface area contributed by atoms with Gasteiger partial charge in [0.1, 0.15) is 6.04 Å². The van der Waals surface area contributed by atoms with Crippen LogP contribution in [-0.2, 0) is 4.79 Å². The van der Waals surface area contributed by atoms with E-state index in [9.17, 15) is 4.79 Å². The summed E-state index contributed by atoms with van der Waals surface area (Å²) >= 11 is 0. The molecule has 1 amide bonds. The lowest BCUT2D eigenvalue weighted by Gasteiger charge is -2.28. The number of carbonyl (C=O) groups is 1. The van der Waals surface area contributed by atoms with E-state index in [0.717, 1.165) is 23.2 Å². The topological polar surface area (TPSA) is 103 Å². The Morgan fingerprint density at radius 3 is 2.75 bits per heavy atom. The van der Waals surface area contributed by atoms with Gasteiger partial charge in [0.05, 0.1) is 19.3 Å². The van der Waals surface area contributed by atoms with Crippen LogP contribution in [0.15, 0.2) is 53.7 Å². The van der Waals surface area contributed by atoms with Gasteiger partial charge in [-0.3, -0.25) is 4.79 Å². The van der Waals surface area contributed by atoms with Crippen molar-refractivity contribution in [2.75, 3.05) is 24.4 Å². The quantitative estimate of drug-likeness (QED) is 0.584. The summed E-state index contributed by atoms with van der Waals surface area (Å²) < 4.78 is 12.9. The minimum absolute atomic E-state index is 0.235. The highest BCUT2D eigenvalue weighted by Crippen LogP contribution is 2.38.